The lowest BCUT2D eigenvalue weighted by atomic mass is 10.0. The van der Waals surface area contributed by atoms with Gasteiger partial charge in [-0.3, -0.25) is 0 Å². The third-order valence-electron chi connectivity index (χ3n) is 2.31. The number of halogens is 3. The molecule has 0 aliphatic heterocycles. The molecule has 0 spiro atoms. The van der Waals surface area contributed by atoms with Crippen molar-refractivity contribution in [2.75, 3.05) is 6.67 Å². The van der Waals surface area contributed by atoms with Crippen molar-refractivity contribution in [1.29, 1.82) is 0 Å². The van der Waals surface area contributed by atoms with Crippen molar-refractivity contribution in [2.45, 2.75) is 58.7 Å². The maximum Gasteiger partial charge on any atom is 0.301 e. The summed E-state index contributed by atoms with van der Waals surface area (Å²) < 4.78 is 43.7. The molecule has 15 heavy (non-hydrogen) atoms. The zero-order valence-electron chi connectivity index (χ0n) is 9.90. The molecule has 0 aromatic rings. The summed E-state index contributed by atoms with van der Waals surface area (Å²) in [6.45, 7) is 5.57. The first-order chi connectivity index (χ1) is 6.83. The number of alkyl halides is 3. The second-order valence-electron chi connectivity index (χ2n) is 4.37. The Labute approximate surface area is 90.0 Å². The highest BCUT2D eigenvalue weighted by Gasteiger charge is 2.41. The van der Waals surface area contributed by atoms with E-state index < -0.39 is 18.7 Å². The number of rotatable bonds is 7. The van der Waals surface area contributed by atoms with Gasteiger partial charge in [0.15, 0.2) is 6.67 Å². The largest absolute Gasteiger partial charge is 0.369 e. The van der Waals surface area contributed by atoms with Gasteiger partial charge in [0, 0.05) is 0 Å². The van der Waals surface area contributed by atoms with Crippen molar-refractivity contribution in [3.05, 3.63) is 0 Å². The quantitative estimate of drug-likeness (QED) is 0.641. The monoisotopic (exact) mass is 226 g/mol. The fourth-order valence-electron chi connectivity index (χ4n) is 1.22. The molecule has 2 unspecified atom stereocenters. The summed E-state index contributed by atoms with van der Waals surface area (Å²) in [6.07, 6.45) is -0.735. The first-order valence-corrected chi connectivity index (χ1v) is 5.42. The van der Waals surface area contributed by atoms with Crippen LogP contribution >= 0.6 is 0 Å². The van der Waals surface area contributed by atoms with Crippen molar-refractivity contribution in [1.82, 2.24) is 0 Å². The first-order valence-electron chi connectivity index (χ1n) is 5.42. The Kier molecular flexibility index (Phi) is 6.25. The maximum absolute atomic E-state index is 13.2. The fourth-order valence-corrected chi connectivity index (χ4v) is 1.22. The van der Waals surface area contributed by atoms with Crippen LogP contribution in [0.25, 0.3) is 0 Å². The van der Waals surface area contributed by atoms with E-state index in [1.54, 1.807) is 6.92 Å². The lowest BCUT2D eigenvalue weighted by molar-refractivity contribution is -0.170. The van der Waals surface area contributed by atoms with Crippen LogP contribution in [0.2, 0.25) is 0 Å². The van der Waals surface area contributed by atoms with Gasteiger partial charge in [-0.05, 0) is 25.7 Å². The Balaban J connectivity index is 4.43. The van der Waals surface area contributed by atoms with Gasteiger partial charge in [-0.2, -0.15) is 0 Å². The summed E-state index contributed by atoms with van der Waals surface area (Å²) in [6, 6.07) is 0. The third-order valence-corrected chi connectivity index (χ3v) is 2.31. The molecule has 0 fully saturated rings. The molecule has 0 rings (SSSR count). The van der Waals surface area contributed by atoms with Crippen LogP contribution in [-0.2, 0) is 4.74 Å². The predicted molar refractivity (Wildman–Crippen MR) is 55.0 cm³/mol. The SMILES string of the molecule is CCC(C)OC(CC(C)C)C(F)(F)CF. The molecule has 0 N–H and O–H groups in total. The summed E-state index contributed by atoms with van der Waals surface area (Å²) in [5.41, 5.74) is 0. The van der Waals surface area contributed by atoms with Gasteiger partial charge in [0.2, 0.25) is 0 Å². The number of hydrogen-bond donors (Lipinski definition) is 0. The highest BCUT2D eigenvalue weighted by molar-refractivity contribution is 4.79. The van der Waals surface area contributed by atoms with Gasteiger partial charge < -0.3 is 4.74 Å². The van der Waals surface area contributed by atoms with Crippen LogP contribution in [0.15, 0.2) is 0 Å². The van der Waals surface area contributed by atoms with E-state index in [0.717, 1.165) is 0 Å². The molecule has 0 bridgehead atoms. The summed E-state index contributed by atoms with van der Waals surface area (Å²) in [5.74, 6) is -3.30. The van der Waals surface area contributed by atoms with Crippen molar-refractivity contribution < 1.29 is 17.9 Å². The molecule has 0 aliphatic carbocycles. The van der Waals surface area contributed by atoms with E-state index in [-0.39, 0.29) is 18.4 Å². The highest BCUT2D eigenvalue weighted by atomic mass is 19.3. The topological polar surface area (TPSA) is 9.23 Å². The summed E-state index contributed by atoms with van der Waals surface area (Å²) in [7, 11) is 0. The second kappa shape index (κ2) is 6.36. The number of ether oxygens (including phenoxy) is 1. The normalized spacial score (nSPS) is 16.8. The van der Waals surface area contributed by atoms with Crippen molar-refractivity contribution in [3.63, 3.8) is 0 Å². The van der Waals surface area contributed by atoms with E-state index in [9.17, 15) is 13.2 Å². The average molecular weight is 226 g/mol. The second-order valence-corrected chi connectivity index (χ2v) is 4.37. The van der Waals surface area contributed by atoms with E-state index in [1.807, 2.05) is 20.8 Å². The van der Waals surface area contributed by atoms with E-state index in [0.29, 0.717) is 6.42 Å². The van der Waals surface area contributed by atoms with E-state index in [4.69, 9.17) is 4.74 Å². The van der Waals surface area contributed by atoms with E-state index >= 15 is 0 Å². The molecular formula is C11H21F3O. The minimum atomic E-state index is -3.37. The minimum absolute atomic E-state index is 0.0662. The molecule has 4 heteroatoms. The molecule has 2 atom stereocenters. The van der Waals surface area contributed by atoms with Crippen LogP contribution in [0, 0.1) is 5.92 Å². The molecule has 0 heterocycles. The van der Waals surface area contributed by atoms with E-state index in [1.165, 1.54) is 0 Å². The Bertz CT molecular complexity index is 171. The summed E-state index contributed by atoms with van der Waals surface area (Å²) in [4.78, 5) is 0. The van der Waals surface area contributed by atoms with Crippen LogP contribution in [-0.4, -0.2) is 24.8 Å². The molecule has 0 aromatic heterocycles. The minimum Gasteiger partial charge on any atom is -0.369 e. The lowest BCUT2D eigenvalue weighted by Gasteiger charge is -2.28. The first kappa shape index (κ1) is 14.8. The zero-order chi connectivity index (χ0) is 12.1. The lowest BCUT2D eigenvalue weighted by Crippen LogP contribution is -2.40. The Morgan fingerprint density at radius 2 is 1.73 bits per heavy atom. The van der Waals surface area contributed by atoms with Crippen molar-refractivity contribution in [3.8, 4) is 0 Å². The Hall–Kier alpha value is -0.250. The van der Waals surface area contributed by atoms with Gasteiger partial charge in [0.1, 0.15) is 6.10 Å². The molecule has 0 aromatic carbocycles. The number of hydrogen-bond acceptors (Lipinski definition) is 1. The molecule has 1 nitrogen and oxygen atoms in total. The summed E-state index contributed by atoms with van der Waals surface area (Å²) >= 11 is 0. The van der Waals surface area contributed by atoms with E-state index in [2.05, 4.69) is 0 Å². The highest BCUT2D eigenvalue weighted by Crippen LogP contribution is 2.28. The Morgan fingerprint density at radius 1 is 1.20 bits per heavy atom. The van der Waals surface area contributed by atoms with Crippen LogP contribution < -0.4 is 0 Å². The smallest absolute Gasteiger partial charge is 0.301 e. The average Bonchev–Trinajstić information content (AvgIpc) is 2.15. The summed E-state index contributed by atoms with van der Waals surface area (Å²) in [5, 5.41) is 0. The van der Waals surface area contributed by atoms with Gasteiger partial charge in [-0.1, -0.05) is 20.8 Å². The van der Waals surface area contributed by atoms with Gasteiger partial charge in [-0.15, -0.1) is 0 Å². The molecular weight excluding hydrogens is 205 g/mol. The van der Waals surface area contributed by atoms with Gasteiger partial charge >= 0.3 is 5.92 Å². The van der Waals surface area contributed by atoms with Crippen LogP contribution in [0.4, 0.5) is 13.2 Å². The molecule has 0 saturated carbocycles. The molecule has 92 valence electrons. The fraction of sp³-hybridized carbons (Fsp3) is 1.00. The van der Waals surface area contributed by atoms with Crippen molar-refractivity contribution >= 4 is 0 Å². The van der Waals surface area contributed by atoms with Gasteiger partial charge in [0.25, 0.3) is 0 Å². The molecule has 0 saturated heterocycles. The predicted octanol–water partition coefficient (Wildman–Crippen LogP) is 3.82. The van der Waals surface area contributed by atoms with Crippen LogP contribution in [0.1, 0.15) is 40.5 Å². The molecule has 0 aliphatic rings. The standard InChI is InChI=1S/C11H21F3O/c1-5-9(4)15-10(6-8(2)3)11(13,14)7-12/h8-10H,5-7H2,1-4H3. The van der Waals surface area contributed by atoms with Crippen LogP contribution in [0.5, 0.6) is 0 Å². The van der Waals surface area contributed by atoms with Crippen LogP contribution in [0.3, 0.4) is 0 Å². The third kappa shape index (κ3) is 5.40. The van der Waals surface area contributed by atoms with Gasteiger partial charge in [0.05, 0.1) is 6.10 Å². The van der Waals surface area contributed by atoms with Gasteiger partial charge in [-0.25, -0.2) is 13.2 Å². The molecule has 0 radical (unpaired) electrons. The zero-order valence-corrected chi connectivity index (χ0v) is 9.90. The maximum atomic E-state index is 13.2. The molecule has 0 amide bonds. The Morgan fingerprint density at radius 3 is 2.07 bits per heavy atom. The van der Waals surface area contributed by atoms with Crippen molar-refractivity contribution in [2.24, 2.45) is 5.92 Å².